The zero-order chi connectivity index (χ0) is 16.7. The fourth-order valence-electron chi connectivity index (χ4n) is 3.59. The monoisotopic (exact) mass is 389 g/mol. The molecule has 1 fully saturated rings. The maximum absolute atomic E-state index is 12.9. The number of carbonyl (C=O) groups is 1. The smallest absolute Gasteiger partial charge is 0.242 e. The standard InChI is InChI=1S/C19H31N3O.2ClH/c1-3-22(2)18(16-12-8-5-9-13-16)19(23)21-17(14-20)15-10-6-4-7-11-15;;/h5,8-9,12-13,15,17-18H,3-4,6-7,10-11,14,20H2,1-2H3,(H,21,23);2*1H. The van der Waals surface area contributed by atoms with Gasteiger partial charge in [0.15, 0.2) is 0 Å². The molecule has 1 amide bonds. The lowest BCUT2D eigenvalue weighted by Gasteiger charge is -2.33. The normalized spacial score (nSPS) is 17.1. The lowest BCUT2D eigenvalue weighted by Crippen LogP contribution is -2.49. The third-order valence-corrected chi connectivity index (χ3v) is 5.10. The average Bonchev–Trinajstić information content (AvgIpc) is 2.61. The number of carbonyl (C=O) groups excluding carboxylic acids is 1. The van der Waals surface area contributed by atoms with Crippen LogP contribution in [-0.2, 0) is 4.79 Å². The summed E-state index contributed by atoms with van der Waals surface area (Å²) in [7, 11) is 2.00. The van der Waals surface area contributed by atoms with Gasteiger partial charge in [-0.25, -0.2) is 0 Å². The lowest BCUT2D eigenvalue weighted by atomic mass is 9.83. The number of hydrogen-bond acceptors (Lipinski definition) is 3. The Morgan fingerprint density at radius 2 is 1.80 bits per heavy atom. The Bertz CT molecular complexity index is 481. The van der Waals surface area contributed by atoms with Crippen LogP contribution in [0.3, 0.4) is 0 Å². The zero-order valence-corrected chi connectivity index (χ0v) is 17.0. The number of likely N-dealkylation sites (N-methyl/N-ethyl adjacent to an activating group) is 1. The van der Waals surface area contributed by atoms with Crippen molar-refractivity contribution in [3.8, 4) is 0 Å². The molecule has 3 N–H and O–H groups in total. The van der Waals surface area contributed by atoms with E-state index < -0.39 is 0 Å². The summed E-state index contributed by atoms with van der Waals surface area (Å²) in [5, 5.41) is 3.24. The minimum atomic E-state index is -0.251. The molecule has 0 aliphatic heterocycles. The third kappa shape index (κ3) is 6.78. The summed E-state index contributed by atoms with van der Waals surface area (Å²) >= 11 is 0. The fraction of sp³-hybridized carbons (Fsp3) is 0.632. The molecule has 2 atom stereocenters. The molecule has 2 unspecified atom stereocenters. The quantitative estimate of drug-likeness (QED) is 0.749. The second-order valence-corrected chi connectivity index (χ2v) is 6.64. The zero-order valence-electron chi connectivity index (χ0n) is 15.3. The van der Waals surface area contributed by atoms with Crippen LogP contribution in [0.25, 0.3) is 0 Å². The maximum Gasteiger partial charge on any atom is 0.242 e. The summed E-state index contributed by atoms with van der Waals surface area (Å²) in [6.07, 6.45) is 6.19. The first-order valence-electron chi connectivity index (χ1n) is 8.93. The van der Waals surface area contributed by atoms with Crippen molar-refractivity contribution in [2.45, 2.75) is 51.1 Å². The molecule has 6 heteroatoms. The predicted molar refractivity (Wildman–Crippen MR) is 110 cm³/mol. The van der Waals surface area contributed by atoms with Gasteiger partial charge >= 0.3 is 0 Å². The number of nitrogens with two attached hydrogens (primary N) is 1. The van der Waals surface area contributed by atoms with Crippen molar-refractivity contribution in [3.63, 3.8) is 0 Å². The van der Waals surface area contributed by atoms with Crippen LogP contribution < -0.4 is 11.1 Å². The van der Waals surface area contributed by atoms with E-state index in [9.17, 15) is 4.79 Å². The number of halogens is 2. The van der Waals surface area contributed by atoms with Crippen LogP contribution in [0, 0.1) is 5.92 Å². The second-order valence-electron chi connectivity index (χ2n) is 6.64. The van der Waals surface area contributed by atoms with Gasteiger partial charge in [0.2, 0.25) is 5.91 Å². The van der Waals surface area contributed by atoms with Gasteiger partial charge in [0, 0.05) is 12.6 Å². The highest BCUT2D eigenvalue weighted by Crippen LogP contribution is 2.27. The van der Waals surface area contributed by atoms with E-state index in [0.717, 1.165) is 12.1 Å². The van der Waals surface area contributed by atoms with Gasteiger partial charge in [0.25, 0.3) is 0 Å². The van der Waals surface area contributed by atoms with Crippen LogP contribution in [0.5, 0.6) is 0 Å². The molecule has 0 radical (unpaired) electrons. The van der Waals surface area contributed by atoms with E-state index in [0.29, 0.717) is 12.5 Å². The largest absolute Gasteiger partial charge is 0.350 e. The van der Waals surface area contributed by atoms with E-state index >= 15 is 0 Å². The second kappa shape index (κ2) is 12.5. The summed E-state index contributed by atoms with van der Waals surface area (Å²) in [4.78, 5) is 15.0. The van der Waals surface area contributed by atoms with Crippen LogP contribution in [-0.4, -0.2) is 37.0 Å². The molecule has 144 valence electrons. The average molecular weight is 390 g/mol. The van der Waals surface area contributed by atoms with E-state index in [-0.39, 0.29) is 42.8 Å². The number of rotatable bonds is 7. The molecule has 1 saturated carbocycles. The SMILES string of the molecule is CCN(C)C(C(=O)NC(CN)C1CCCCC1)c1ccccc1.Cl.Cl. The Hall–Kier alpha value is -0.810. The summed E-state index contributed by atoms with van der Waals surface area (Å²) in [6.45, 7) is 3.42. The summed E-state index contributed by atoms with van der Waals surface area (Å²) < 4.78 is 0. The van der Waals surface area contributed by atoms with Gasteiger partial charge in [-0.3, -0.25) is 9.69 Å². The van der Waals surface area contributed by atoms with E-state index in [1.807, 2.05) is 37.4 Å². The Kier molecular flexibility index (Phi) is 12.1. The summed E-state index contributed by atoms with van der Waals surface area (Å²) in [6, 6.07) is 9.84. The summed E-state index contributed by atoms with van der Waals surface area (Å²) in [5.74, 6) is 0.600. The van der Waals surface area contributed by atoms with Gasteiger partial charge in [-0.15, -0.1) is 24.8 Å². The molecular weight excluding hydrogens is 357 g/mol. The van der Waals surface area contributed by atoms with Crippen molar-refractivity contribution < 1.29 is 4.79 Å². The molecule has 1 aromatic rings. The van der Waals surface area contributed by atoms with Gasteiger partial charge in [-0.1, -0.05) is 56.5 Å². The highest BCUT2D eigenvalue weighted by atomic mass is 35.5. The van der Waals surface area contributed by atoms with Gasteiger partial charge in [-0.2, -0.15) is 0 Å². The third-order valence-electron chi connectivity index (χ3n) is 5.10. The van der Waals surface area contributed by atoms with E-state index in [1.165, 1.54) is 32.1 Å². The maximum atomic E-state index is 12.9. The van der Waals surface area contributed by atoms with Crippen molar-refractivity contribution in [1.29, 1.82) is 0 Å². The van der Waals surface area contributed by atoms with Crippen molar-refractivity contribution in [1.82, 2.24) is 10.2 Å². The van der Waals surface area contributed by atoms with E-state index in [4.69, 9.17) is 5.73 Å². The van der Waals surface area contributed by atoms with Crippen molar-refractivity contribution in [2.24, 2.45) is 11.7 Å². The minimum Gasteiger partial charge on any atom is -0.350 e. The molecule has 4 nitrogen and oxygen atoms in total. The Balaban J connectivity index is 0.00000288. The number of hydrogen-bond donors (Lipinski definition) is 2. The van der Waals surface area contributed by atoms with Crippen LogP contribution >= 0.6 is 24.8 Å². The van der Waals surface area contributed by atoms with Gasteiger partial charge < -0.3 is 11.1 Å². The Morgan fingerprint density at radius 3 is 2.32 bits per heavy atom. The number of nitrogens with zero attached hydrogens (tertiary/aromatic N) is 1. The van der Waals surface area contributed by atoms with Crippen molar-refractivity contribution in [3.05, 3.63) is 35.9 Å². The minimum absolute atomic E-state index is 0. The fourth-order valence-corrected chi connectivity index (χ4v) is 3.59. The molecule has 0 spiro atoms. The molecule has 1 aliphatic rings. The van der Waals surface area contributed by atoms with Crippen molar-refractivity contribution in [2.75, 3.05) is 20.1 Å². The van der Waals surface area contributed by atoms with E-state index in [1.54, 1.807) is 0 Å². The predicted octanol–water partition coefficient (Wildman–Crippen LogP) is 3.55. The van der Waals surface area contributed by atoms with Crippen molar-refractivity contribution >= 4 is 30.7 Å². The molecule has 0 saturated heterocycles. The van der Waals surface area contributed by atoms with Crippen LogP contribution in [0.4, 0.5) is 0 Å². The van der Waals surface area contributed by atoms with Gasteiger partial charge in [-0.05, 0) is 37.9 Å². The van der Waals surface area contributed by atoms with Crippen LogP contribution in [0.1, 0.15) is 50.6 Å². The van der Waals surface area contributed by atoms with Gasteiger partial charge in [0.1, 0.15) is 6.04 Å². The molecule has 0 heterocycles. The summed E-state index contributed by atoms with van der Waals surface area (Å²) in [5.41, 5.74) is 7.01. The molecular formula is C19H33Cl2N3O. The first-order chi connectivity index (χ1) is 11.2. The lowest BCUT2D eigenvalue weighted by molar-refractivity contribution is -0.127. The molecule has 0 aromatic heterocycles. The van der Waals surface area contributed by atoms with Crippen LogP contribution in [0.15, 0.2) is 30.3 Å². The first-order valence-corrected chi connectivity index (χ1v) is 8.93. The van der Waals surface area contributed by atoms with E-state index in [2.05, 4.69) is 17.1 Å². The Morgan fingerprint density at radius 1 is 1.20 bits per heavy atom. The number of nitrogens with one attached hydrogen (secondary N) is 1. The van der Waals surface area contributed by atoms with Crippen LogP contribution in [0.2, 0.25) is 0 Å². The molecule has 25 heavy (non-hydrogen) atoms. The first kappa shape index (κ1) is 24.2. The highest BCUT2D eigenvalue weighted by Gasteiger charge is 2.29. The van der Waals surface area contributed by atoms with Gasteiger partial charge in [0.05, 0.1) is 0 Å². The Labute approximate surface area is 164 Å². The molecule has 0 bridgehead atoms. The molecule has 1 aliphatic carbocycles. The highest BCUT2D eigenvalue weighted by molar-refractivity contribution is 5.85. The number of benzene rings is 1. The topological polar surface area (TPSA) is 58.4 Å². The molecule has 2 rings (SSSR count). The number of amides is 1. The molecule has 1 aromatic carbocycles.